The number of benzene rings is 4. The molecule has 0 bridgehead atoms. The van der Waals surface area contributed by atoms with E-state index in [1.54, 1.807) is 78.8 Å². The molecule has 3 amide bonds. The summed E-state index contributed by atoms with van der Waals surface area (Å²) in [5.41, 5.74) is 5.83. The van der Waals surface area contributed by atoms with Gasteiger partial charge in [0.1, 0.15) is 36.2 Å². The van der Waals surface area contributed by atoms with E-state index in [0.29, 0.717) is 121 Å². The Kier molecular flexibility index (Phi) is 13.4. The largest absolute Gasteiger partial charge is 0.494 e. The first kappa shape index (κ1) is 48.9. The second-order valence-electron chi connectivity index (χ2n) is 19.3. The molecule has 4 aliphatic heterocycles. The third-order valence-corrected chi connectivity index (χ3v) is 16.2. The first-order valence-electron chi connectivity index (χ1n) is 23.9. The topological polar surface area (TPSA) is 170 Å². The number of ether oxygens (including phenoxy) is 1. The highest BCUT2D eigenvalue weighted by Gasteiger charge is 2.41. The highest BCUT2D eigenvalue weighted by molar-refractivity contribution is 9.10. The van der Waals surface area contributed by atoms with Crippen molar-refractivity contribution < 1.29 is 32.5 Å². The summed E-state index contributed by atoms with van der Waals surface area (Å²) in [6.07, 6.45) is 6.55. The third-order valence-electron chi connectivity index (χ3n) is 14.1. The lowest BCUT2D eigenvalue weighted by atomic mass is 9.91. The first-order chi connectivity index (χ1) is 34.5. The van der Waals surface area contributed by atoms with E-state index in [9.17, 15) is 23.3 Å². The predicted molar refractivity (Wildman–Crippen MR) is 279 cm³/mol. The highest BCUT2D eigenvalue weighted by atomic mass is 79.9. The maximum atomic E-state index is 16.9. The van der Waals surface area contributed by atoms with Crippen LogP contribution in [0, 0.1) is 5.82 Å². The Hall–Kier alpha value is -6.69. The normalized spacial score (nSPS) is 18.3. The summed E-state index contributed by atoms with van der Waals surface area (Å²) >= 11 is 3.58. The van der Waals surface area contributed by atoms with Crippen LogP contribution in [0.3, 0.4) is 0 Å². The molecule has 4 aliphatic rings. The Bertz CT molecular complexity index is 3150. The summed E-state index contributed by atoms with van der Waals surface area (Å²) in [6, 6.07) is 20.9. The van der Waals surface area contributed by atoms with Crippen molar-refractivity contribution in [3.63, 3.8) is 0 Å². The molecular formula is C52H55BrF2N11O5P. The molecule has 2 aromatic heterocycles. The lowest BCUT2D eigenvalue weighted by Crippen LogP contribution is -2.53. The maximum Gasteiger partial charge on any atom is 0.255 e. The van der Waals surface area contributed by atoms with Crippen LogP contribution in [0.4, 0.5) is 43.3 Å². The average molecular weight is 1060 g/mol. The van der Waals surface area contributed by atoms with E-state index >= 15 is 4.39 Å². The zero-order valence-corrected chi connectivity index (χ0v) is 42.9. The minimum absolute atomic E-state index is 0.195. The van der Waals surface area contributed by atoms with Crippen molar-refractivity contribution in [1.82, 2.24) is 34.9 Å². The number of aryl methyl sites for hydroxylation is 1. The molecule has 10 rings (SSSR count). The van der Waals surface area contributed by atoms with Crippen LogP contribution >= 0.6 is 23.1 Å². The number of imide groups is 1. The number of rotatable bonds is 13. The monoisotopic (exact) mass is 1060 g/mol. The maximum absolute atomic E-state index is 16.9. The van der Waals surface area contributed by atoms with Crippen LogP contribution in [-0.4, -0.2) is 125 Å². The summed E-state index contributed by atoms with van der Waals surface area (Å²) in [7, 11) is 0.581. The lowest BCUT2D eigenvalue weighted by Gasteiger charge is -2.43. The summed E-state index contributed by atoms with van der Waals surface area (Å²) in [5.74, 6) is -0.110. The summed E-state index contributed by atoms with van der Waals surface area (Å²) in [4.78, 5) is 55.1. The number of amides is 3. The van der Waals surface area contributed by atoms with Crippen LogP contribution in [0.5, 0.6) is 5.75 Å². The highest BCUT2D eigenvalue weighted by Crippen LogP contribution is 2.44. The zero-order valence-electron chi connectivity index (χ0n) is 40.4. The van der Waals surface area contributed by atoms with Gasteiger partial charge in [-0.15, -0.1) is 0 Å². The number of fused-ring (bicyclic) bond motifs is 1. The molecule has 6 aromatic rings. The van der Waals surface area contributed by atoms with Crippen molar-refractivity contribution in [3.05, 3.63) is 113 Å². The zero-order chi connectivity index (χ0) is 50.5. The fraction of sp³-hybridized carbons (Fsp3) is 0.346. The molecule has 6 heterocycles. The van der Waals surface area contributed by atoms with Crippen molar-refractivity contribution in [2.75, 3.05) is 86.7 Å². The van der Waals surface area contributed by atoms with Gasteiger partial charge in [0, 0.05) is 136 Å². The van der Waals surface area contributed by atoms with Gasteiger partial charge in [-0.25, -0.2) is 13.8 Å². The molecule has 3 N–H and O–H groups in total. The molecule has 374 valence electrons. The predicted octanol–water partition coefficient (Wildman–Crippen LogP) is 8.08. The Morgan fingerprint density at radius 3 is 2.36 bits per heavy atom. The smallest absolute Gasteiger partial charge is 0.255 e. The van der Waals surface area contributed by atoms with E-state index in [1.165, 1.54) is 6.07 Å². The SMILES string of the molecule is COc1cc(N2CCC(F)(CN3CCN(c4ccc5c(c4)CN([C@@H]4CCC(=O)NC4=O)C5=O)CC3)CC2)c(-c2cnn(C)c2)cc1Nc1ncc(Br)c(Nc2ccc(-c3ccccc3F)cc2P(C)(C)=O)n1. The number of hydrogen-bond acceptors (Lipinski definition) is 13. The molecule has 20 heteroatoms. The summed E-state index contributed by atoms with van der Waals surface area (Å²) < 4.78 is 53.6. The quantitative estimate of drug-likeness (QED) is 0.0751. The van der Waals surface area contributed by atoms with Crippen LogP contribution in [0.15, 0.2) is 95.9 Å². The molecular weight excluding hydrogens is 1010 g/mol. The number of hydrogen-bond donors (Lipinski definition) is 3. The van der Waals surface area contributed by atoms with Gasteiger partial charge in [-0.2, -0.15) is 10.1 Å². The van der Waals surface area contributed by atoms with Gasteiger partial charge in [0.25, 0.3) is 5.91 Å². The first-order valence-corrected chi connectivity index (χ1v) is 27.3. The molecule has 0 spiro atoms. The van der Waals surface area contributed by atoms with Gasteiger partial charge in [0.05, 0.1) is 29.2 Å². The van der Waals surface area contributed by atoms with Crippen LogP contribution in [0.1, 0.15) is 41.6 Å². The van der Waals surface area contributed by atoms with Crippen molar-refractivity contribution in [3.8, 4) is 28.0 Å². The molecule has 1 atom stereocenters. The number of anilines is 6. The number of carbonyl (C=O) groups is 3. The summed E-state index contributed by atoms with van der Waals surface area (Å²) in [6.45, 7) is 7.75. The number of piperazine rings is 1. The number of piperidine rings is 2. The van der Waals surface area contributed by atoms with Crippen LogP contribution < -0.4 is 35.8 Å². The number of nitrogens with one attached hydrogen (secondary N) is 3. The summed E-state index contributed by atoms with van der Waals surface area (Å²) in [5, 5.41) is 14.1. The number of methoxy groups -OCH3 is 1. The fourth-order valence-corrected chi connectivity index (χ4v) is 11.7. The van der Waals surface area contributed by atoms with E-state index < -0.39 is 24.8 Å². The van der Waals surface area contributed by atoms with Crippen LogP contribution in [-0.2, 0) is 27.7 Å². The van der Waals surface area contributed by atoms with E-state index in [1.807, 2.05) is 43.6 Å². The van der Waals surface area contributed by atoms with Crippen molar-refractivity contribution in [1.29, 1.82) is 0 Å². The molecule has 4 aromatic carbocycles. The fourth-order valence-electron chi connectivity index (χ4n) is 10.2. The Morgan fingerprint density at radius 2 is 1.65 bits per heavy atom. The molecule has 72 heavy (non-hydrogen) atoms. The van der Waals surface area contributed by atoms with Gasteiger partial charge in [0.15, 0.2) is 0 Å². The molecule has 0 aliphatic carbocycles. The minimum Gasteiger partial charge on any atom is -0.494 e. The van der Waals surface area contributed by atoms with E-state index in [2.05, 4.69) is 56.7 Å². The molecule has 3 saturated heterocycles. The minimum atomic E-state index is -2.87. The van der Waals surface area contributed by atoms with Gasteiger partial charge in [-0.05, 0) is 89.3 Å². The number of halogens is 3. The van der Waals surface area contributed by atoms with Gasteiger partial charge < -0.3 is 34.6 Å². The number of nitrogens with zero attached hydrogens (tertiary/aromatic N) is 8. The average Bonchev–Trinajstić information content (AvgIpc) is 3.94. The van der Waals surface area contributed by atoms with Crippen LogP contribution in [0.25, 0.3) is 22.3 Å². The Balaban J connectivity index is 0.808. The number of alkyl halides is 1. The molecule has 16 nitrogen and oxygen atoms in total. The van der Waals surface area contributed by atoms with Crippen LogP contribution in [0.2, 0.25) is 0 Å². The van der Waals surface area contributed by atoms with Crippen molar-refractivity contribution in [2.24, 2.45) is 7.05 Å². The van der Waals surface area contributed by atoms with E-state index in [-0.39, 0.29) is 30.0 Å². The van der Waals surface area contributed by atoms with Gasteiger partial charge in [-0.3, -0.25) is 29.3 Å². The second-order valence-corrected chi connectivity index (χ2v) is 23.4. The Labute approximate surface area is 424 Å². The Morgan fingerprint density at radius 1 is 0.875 bits per heavy atom. The lowest BCUT2D eigenvalue weighted by molar-refractivity contribution is -0.136. The van der Waals surface area contributed by atoms with Crippen molar-refractivity contribution >= 4 is 80.6 Å². The van der Waals surface area contributed by atoms with Gasteiger partial charge >= 0.3 is 0 Å². The number of aromatic nitrogens is 4. The number of carbonyl (C=O) groups excluding carboxylic acids is 3. The van der Waals surface area contributed by atoms with E-state index in [0.717, 1.165) is 28.1 Å². The van der Waals surface area contributed by atoms with Gasteiger partial charge in [-0.1, -0.05) is 24.3 Å². The third kappa shape index (κ3) is 10.1. The molecule has 0 unspecified atom stereocenters. The second kappa shape index (κ2) is 19.7. The van der Waals surface area contributed by atoms with E-state index in [4.69, 9.17) is 9.72 Å². The molecule has 3 fully saturated rings. The van der Waals surface area contributed by atoms with Crippen molar-refractivity contribution in [2.45, 2.75) is 43.9 Å². The standard InChI is InChI=1S/C52H55BrF2N11O5P/c1-62-29-34(27-57-62)38-25-42(59-51-56-28-39(53)48(61-51)58-41-12-9-32(24-46(41)72(3,4)70)36-7-5-6-8-40(36)54)45(71-2)26-44(38)65-17-15-52(55,16-18-65)31-63-19-21-64(22-20-63)35-10-11-37-33(23-35)30-66(50(37)69)43-13-14-47(67)60-49(43)68/h5-12,23-29,43H,13-22,30-31H2,1-4H3,(H,60,67,68)(H2,56,58,59,61)/t43-/m1/s1. The van der Waals surface area contributed by atoms with Gasteiger partial charge in [0.2, 0.25) is 17.8 Å². The molecule has 0 radical (unpaired) electrons. The molecule has 0 saturated carbocycles.